The summed E-state index contributed by atoms with van der Waals surface area (Å²) >= 11 is 0. The van der Waals surface area contributed by atoms with E-state index >= 15 is 0 Å². The fourth-order valence-corrected chi connectivity index (χ4v) is 1.31. The van der Waals surface area contributed by atoms with Gasteiger partial charge in [-0.25, -0.2) is 0 Å². The number of benzene rings is 1. The SMILES string of the molecule is Cc1cc(Cc2ccccc2)no1. The van der Waals surface area contributed by atoms with Gasteiger partial charge in [0, 0.05) is 12.5 Å². The molecule has 0 N–H and O–H groups in total. The molecule has 0 bridgehead atoms. The summed E-state index contributed by atoms with van der Waals surface area (Å²) in [5.41, 5.74) is 2.25. The van der Waals surface area contributed by atoms with Crippen molar-refractivity contribution in [3.63, 3.8) is 0 Å². The van der Waals surface area contributed by atoms with Gasteiger partial charge >= 0.3 is 0 Å². The van der Waals surface area contributed by atoms with E-state index in [-0.39, 0.29) is 0 Å². The lowest BCUT2D eigenvalue weighted by Gasteiger charge is -1.94. The van der Waals surface area contributed by atoms with E-state index in [1.165, 1.54) is 5.56 Å². The molecule has 0 fully saturated rings. The van der Waals surface area contributed by atoms with Gasteiger partial charge in [0.25, 0.3) is 0 Å². The molecule has 0 aliphatic heterocycles. The van der Waals surface area contributed by atoms with Gasteiger partial charge in [-0.15, -0.1) is 0 Å². The Morgan fingerprint density at radius 1 is 1.23 bits per heavy atom. The van der Waals surface area contributed by atoms with Crippen LogP contribution in [0.1, 0.15) is 17.0 Å². The van der Waals surface area contributed by atoms with Gasteiger partial charge in [-0.3, -0.25) is 0 Å². The number of aryl methyl sites for hydroxylation is 1. The molecule has 0 spiro atoms. The smallest absolute Gasteiger partial charge is 0.133 e. The standard InChI is InChI=1S/C11H11NO/c1-9-7-11(12-13-9)8-10-5-3-2-4-6-10/h2-7H,8H2,1H3. The Balaban J connectivity index is 2.15. The summed E-state index contributed by atoms with van der Waals surface area (Å²) in [6, 6.07) is 12.2. The minimum absolute atomic E-state index is 0.845. The first-order valence-electron chi connectivity index (χ1n) is 4.31. The summed E-state index contributed by atoms with van der Waals surface area (Å²) in [5.74, 6) is 0.867. The molecule has 13 heavy (non-hydrogen) atoms. The third-order valence-electron chi connectivity index (χ3n) is 1.90. The second kappa shape index (κ2) is 3.44. The van der Waals surface area contributed by atoms with Crippen molar-refractivity contribution in [2.75, 3.05) is 0 Å². The zero-order valence-electron chi connectivity index (χ0n) is 7.53. The topological polar surface area (TPSA) is 26.0 Å². The Kier molecular flexibility index (Phi) is 2.13. The highest BCUT2D eigenvalue weighted by atomic mass is 16.5. The molecule has 0 aliphatic carbocycles. The van der Waals surface area contributed by atoms with Crippen LogP contribution >= 0.6 is 0 Å². The van der Waals surface area contributed by atoms with Crippen LogP contribution in [0.15, 0.2) is 40.9 Å². The van der Waals surface area contributed by atoms with Gasteiger partial charge in [-0.05, 0) is 12.5 Å². The molecule has 0 radical (unpaired) electrons. The van der Waals surface area contributed by atoms with Crippen LogP contribution in [0.2, 0.25) is 0 Å². The number of hydrogen-bond donors (Lipinski definition) is 0. The molecule has 0 amide bonds. The second-order valence-corrected chi connectivity index (χ2v) is 3.09. The van der Waals surface area contributed by atoms with Gasteiger partial charge in [-0.1, -0.05) is 35.5 Å². The maximum Gasteiger partial charge on any atom is 0.133 e. The predicted octanol–water partition coefficient (Wildman–Crippen LogP) is 2.57. The zero-order chi connectivity index (χ0) is 9.10. The number of aromatic nitrogens is 1. The van der Waals surface area contributed by atoms with Crippen molar-refractivity contribution in [2.24, 2.45) is 0 Å². The summed E-state index contributed by atoms with van der Waals surface area (Å²) in [7, 11) is 0. The van der Waals surface area contributed by atoms with Crippen molar-refractivity contribution < 1.29 is 4.52 Å². The first-order valence-corrected chi connectivity index (χ1v) is 4.31. The van der Waals surface area contributed by atoms with E-state index in [1.807, 2.05) is 31.2 Å². The van der Waals surface area contributed by atoms with Crippen LogP contribution in [0.3, 0.4) is 0 Å². The first-order chi connectivity index (χ1) is 6.34. The van der Waals surface area contributed by atoms with E-state index in [2.05, 4.69) is 17.3 Å². The minimum Gasteiger partial charge on any atom is -0.361 e. The predicted molar refractivity (Wildman–Crippen MR) is 50.5 cm³/mol. The van der Waals surface area contributed by atoms with Crippen molar-refractivity contribution in [1.29, 1.82) is 0 Å². The molecule has 0 aliphatic rings. The van der Waals surface area contributed by atoms with Crippen molar-refractivity contribution >= 4 is 0 Å². The van der Waals surface area contributed by atoms with Crippen molar-refractivity contribution in [1.82, 2.24) is 5.16 Å². The molecule has 2 heteroatoms. The Hall–Kier alpha value is -1.57. The Morgan fingerprint density at radius 2 is 2.00 bits per heavy atom. The van der Waals surface area contributed by atoms with Crippen molar-refractivity contribution in [2.45, 2.75) is 13.3 Å². The Morgan fingerprint density at radius 3 is 2.62 bits per heavy atom. The van der Waals surface area contributed by atoms with E-state index in [0.717, 1.165) is 17.9 Å². The highest BCUT2D eigenvalue weighted by molar-refractivity contribution is 5.21. The molecule has 1 aromatic carbocycles. The molecule has 2 aromatic rings. The van der Waals surface area contributed by atoms with Gasteiger partial charge in [0.05, 0.1) is 5.69 Å². The van der Waals surface area contributed by atoms with E-state index < -0.39 is 0 Å². The van der Waals surface area contributed by atoms with Gasteiger partial charge in [0.1, 0.15) is 5.76 Å². The lowest BCUT2D eigenvalue weighted by atomic mass is 10.1. The minimum atomic E-state index is 0.845. The molecular formula is C11H11NO. The van der Waals surface area contributed by atoms with Crippen LogP contribution in [0.5, 0.6) is 0 Å². The Labute approximate surface area is 77.2 Å². The van der Waals surface area contributed by atoms with E-state index in [0.29, 0.717) is 0 Å². The molecule has 66 valence electrons. The maximum absolute atomic E-state index is 4.99. The maximum atomic E-state index is 4.99. The molecule has 0 saturated carbocycles. The second-order valence-electron chi connectivity index (χ2n) is 3.09. The lowest BCUT2D eigenvalue weighted by Crippen LogP contribution is -1.86. The van der Waals surface area contributed by atoms with Gasteiger partial charge in [0.2, 0.25) is 0 Å². The quantitative estimate of drug-likeness (QED) is 0.697. The van der Waals surface area contributed by atoms with Crippen LogP contribution in [-0.4, -0.2) is 5.16 Å². The molecular weight excluding hydrogens is 162 g/mol. The van der Waals surface area contributed by atoms with Gasteiger partial charge in [0.15, 0.2) is 0 Å². The summed E-state index contributed by atoms with van der Waals surface area (Å²) < 4.78 is 4.99. The fourth-order valence-electron chi connectivity index (χ4n) is 1.31. The molecule has 2 rings (SSSR count). The Bertz CT molecular complexity index is 378. The van der Waals surface area contributed by atoms with E-state index in [1.54, 1.807) is 0 Å². The van der Waals surface area contributed by atoms with Crippen LogP contribution in [0.4, 0.5) is 0 Å². The number of hydrogen-bond acceptors (Lipinski definition) is 2. The van der Waals surface area contributed by atoms with Crippen LogP contribution in [0, 0.1) is 6.92 Å². The van der Waals surface area contributed by atoms with Crippen LogP contribution in [0.25, 0.3) is 0 Å². The van der Waals surface area contributed by atoms with Crippen LogP contribution < -0.4 is 0 Å². The van der Waals surface area contributed by atoms with E-state index in [9.17, 15) is 0 Å². The monoisotopic (exact) mass is 173 g/mol. The van der Waals surface area contributed by atoms with Crippen molar-refractivity contribution in [3.8, 4) is 0 Å². The molecule has 1 aromatic heterocycles. The average Bonchev–Trinajstić information content (AvgIpc) is 2.53. The third-order valence-corrected chi connectivity index (χ3v) is 1.90. The highest BCUT2D eigenvalue weighted by Gasteiger charge is 2.00. The molecule has 0 saturated heterocycles. The van der Waals surface area contributed by atoms with Gasteiger partial charge < -0.3 is 4.52 Å². The largest absolute Gasteiger partial charge is 0.361 e. The van der Waals surface area contributed by atoms with Gasteiger partial charge in [-0.2, -0.15) is 0 Å². The lowest BCUT2D eigenvalue weighted by molar-refractivity contribution is 0.391. The van der Waals surface area contributed by atoms with Crippen molar-refractivity contribution in [3.05, 3.63) is 53.4 Å². The fraction of sp³-hybridized carbons (Fsp3) is 0.182. The first kappa shape index (κ1) is 8.05. The molecule has 2 nitrogen and oxygen atoms in total. The summed E-state index contributed by atoms with van der Waals surface area (Å²) in [4.78, 5) is 0. The average molecular weight is 173 g/mol. The van der Waals surface area contributed by atoms with Crippen LogP contribution in [-0.2, 0) is 6.42 Å². The summed E-state index contributed by atoms with van der Waals surface area (Å²) in [6.07, 6.45) is 0.845. The molecule has 0 atom stereocenters. The third kappa shape index (κ3) is 1.96. The normalized spacial score (nSPS) is 10.2. The number of rotatable bonds is 2. The molecule has 0 unspecified atom stereocenters. The number of nitrogens with zero attached hydrogens (tertiary/aromatic N) is 1. The summed E-state index contributed by atoms with van der Waals surface area (Å²) in [5, 5.41) is 3.94. The zero-order valence-corrected chi connectivity index (χ0v) is 7.53. The van der Waals surface area contributed by atoms with E-state index in [4.69, 9.17) is 4.52 Å². The molecule has 1 heterocycles. The summed E-state index contributed by atoms with van der Waals surface area (Å²) in [6.45, 7) is 1.90. The highest BCUT2D eigenvalue weighted by Crippen LogP contribution is 2.08.